The lowest BCUT2D eigenvalue weighted by molar-refractivity contribution is -0.126. The van der Waals surface area contributed by atoms with Gasteiger partial charge in [0.05, 0.1) is 11.1 Å². The van der Waals surface area contributed by atoms with Gasteiger partial charge >= 0.3 is 0 Å². The molecule has 1 heterocycles. The Hall–Kier alpha value is -1.49. The Labute approximate surface area is 111 Å². The van der Waals surface area contributed by atoms with Crippen molar-refractivity contribution in [1.82, 2.24) is 5.32 Å². The van der Waals surface area contributed by atoms with E-state index in [0.717, 1.165) is 37.6 Å². The number of hydrogen-bond acceptors (Lipinski definition) is 2. The molecule has 1 atom stereocenters. The number of carbonyl (C=O) groups is 1. The molecule has 0 bridgehead atoms. The number of halogens is 2. The van der Waals surface area contributed by atoms with Crippen molar-refractivity contribution in [3.05, 3.63) is 29.8 Å². The average Bonchev–Trinajstić information content (AvgIpc) is 2.43. The highest BCUT2D eigenvalue weighted by molar-refractivity contribution is 5.95. The molecule has 1 unspecified atom stereocenters. The van der Waals surface area contributed by atoms with E-state index < -0.39 is 17.0 Å². The highest BCUT2D eigenvalue weighted by Gasteiger charge is 2.38. The highest BCUT2D eigenvalue weighted by Crippen LogP contribution is 2.32. The summed E-state index contributed by atoms with van der Waals surface area (Å²) in [7, 11) is 0. The third-order valence-corrected chi connectivity index (χ3v) is 3.81. The first-order valence-electron chi connectivity index (χ1n) is 6.54. The number of carbonyl (C=O) groups excluding carboxylic acids is 1. The lowest BCUT2D eigenvalue weighted by atomic mass is 9.77. The van der Waals surface area contributed by atoms with Crippen molar-refractivity contribution in [3.63, 3.8) is 0 Å². The van der Waals surface area contributed by atoms with Gasteiger partial charge in [0.25, 0.3) is 0 Å². The van der Waals surface area contributed by atoms with Crippen molar-refractivity contribution in [1.29, 1.82) is 0 Å². The molecule has 104 valence electrons. The molecule has 2 N–H and O–H groups in total. The number of anilines is 1. The van der Waals surface area contributed by atoms with Crippen LogP contribution in [0.2, 0.25) is 0 Å². The number of rotatable bonds is 3. The van der Waals surface area contributed by atoms with Gasteiger partial charge in [-0.15, -0.1) is 0 Å². The van der Waals surface area contributed by atoms with Crippen LogP contribution in [-0.4, -0.2) is 19.0 Å². The standard InChI is InChI=1S/C14H18F2N2O/c1-2-14(6-3-7-17-9-14)13(19)18-12-8-10(15)4-5-11(12)16/h4-5,8,17H,2-3,6-7,9H2,1H3,(H,18,19). The summed E-state index contributed by atoms with van der Waals surface area (Å²) in [4.78, 5) is 12.3. The zero-order valence-electron chi connectivity index (χ0n) is 10.9. The molecule has 0 aliphatic carbocycles. The number of benzene rings is 1. The quantitative estimate of drug-likeness (QED) is 0.885. The minimum Gasteiger partial charge on any atom is -0.323 e. The third kappa shape index (κ3) is 2.92. The number of hydrogen-bond donors (Lipinski definition) is 2. The second kappa shape index (κ2) is 5.65. The maximum atomic E-state index is 13.5. The molecule has 1 fully saturated rings. The second-order valence-electron chi connectivity index (χ2n) is 4.99. The van der Waals surface area contributed by atoms with Gasteiger partial charge in [-0.25, -0.2) is 8.78 Å². The first-order chi connectivity index (χ1) is 9.07. The maximum absolute atomic E-state index is 13.5. The summed E-state index contributed by atoms with van der Waals surface area (Å²) in [5.41, 5.74) is -0.625. The molecule has 3 nitrogen and oxygen atoms in total. The van der Waals surface area contributed by atoms with Crippen LogP contribution in [-0.2, 0) is 4.79 Å². The van der Waals surface area contributed by atoms with Crippen LogP contribution in [0.5, 0.6) is 0 Å². The van der Waals surface area contributed by atoms with E-state index in [-0.39, 0.29) is 11.6 Å². The van der Waals surface area contributed by atoms with E-state index in [4.69, 9.17) is 0 Å². The van der Waals surface area contributed by atoms with Gasteiger partial charge in [0.1, 0.15) is 11.6 Å². The van der Waals surface area contributed by atoms with Crippen molar-refractivity contribution < 1.29 is 13.6 Å². The lowest BCUT2D eigenvalue weighted by Crippen LogP contribution is -2.47. The minimum absolute atomic E-state index is 0.0941. The van der Waals surface area contributed by atoms with E-state index in [2.05, 4.69) is 10.6 Å². The van der Waals surface area contributed by atoms with Crippen LogP contribution in [0.25, 0.3) is 0 Å². The Morgan fingerprint density at radius 3 is 2.89 bits per heavy atom. The molecule has 1 aromatic rings. The zero-order valence-corrected chi connectivity index (χ0v) is 10.9. The van der Waals surface area contributed by atoms with Crippen molar-refractivity contribution in [3.8, 4) is 0 Å². The summed E-state index contributed by atoms with van der Waals surface area (Å²) in [6, 6.07) is 3.05. The van der Waals surface area contributed by atoms with Crippen molar-refractivity contribution in [2.75, 3.05) is 18.4 Å². The molecule has 1 aromatic carbocycles. The van der Waals surface area contributed by atoms with Gasteiger partial charge in [0.15, 0.2) is 0 Å². The van der Waals surface area contributed by atoms with E-state index in [1.807, 2.05) is 6.92 Å². The molecule has 2 rings (SSSR count). The first kappa shape index (κ1) is 13.9. The van der Waals surface area contributed by atoms with Gasteiger partial charge < -0.3 is 10.6 Å². The predicted molar refractivity (Wildman–Crippen MR) is 69.8 cm³/mol. The van der Waals surface area contributed by atoms with Crippen LogP contribution in [0, 0.1) is 17.0 Å². The average molecular weight is 268 g/mol. The fraction of sp³-hybridized carbons (Fsp3) is 0.500. The summed E-state index contributed by atoms with van der Waals surface area (Å²) in [6.45, 7) is 3.41. The molecule has 5 heteroatoms. The summed E-state index contributed by atoms with van der Waals surface area (Å²) in [5.74, 6) is -1.43. The summed E-state index contributed by atoms with van der Waals surface area (Å²) in [6.07, 6.45) is 2.34. The second-order valence-corrected chi connectivity index (χ2v) is 4.99. The van der Waals surface area contributed by atoms with Gasteiger partial charge in [-0.05, 0) is 37.9 Å². The van der Waals surface area contributed by atoms with Crippen LogP contribution >= 0.6 is 0 Å². The topological polar surface area (TPSA) is 41.1 Å². The molecule has 1 aliphatic rings. The largest absolute Gasteiger partial charge is 0.323 e. The van der Waals surface area contributed by atoms with Gasteiger partial charge in [0, 0.05) is 12.6 Å². The Morgan fingerprint density at radius 1 is 1.47 bits per heavy atom. The van der Waals surface area contributed by atoms with Crippen LogP contribution < -0.4 is 10.6 Å². The molecule has 1 saturated heterocycles. The van der Waals surface area contributed by atoms with E-state index in [1.54, 1.807) is 0 Å². The smallest absolute Gasteiger partial charge is 0.231 e. The number of nitrogens with one attached hydrogen (secondary N) is 2. The molecule has 1 amide bonds. The van der Waals surface area contributed by atoms with Gasteiger partial charge in [-0.1, -0.05) is 6.92 Å². The monoisotopic (exact) mass is 268 g/mol. The van der Waals surface area contributed by atoms with Crippen LogP contribution in [0.15, 0.2) is 18.2 Å². The van der Waals surface area contributed by atoms with Crippen molar-refractivity contribution in [2.45, 2.75) is 26.2 Å². The molecule has 0 saturated carbocycles. The highest BCUT2D eigenvalue weighted by atomic mass is 19.1. The predicted octanol–water partition coefficient (Wildman–Crippen LogP) is 2.68. The summed E-state index contributed by atoms with van der Waals surface area (Å²) < 4.78 is 26.6. The third-order valence-electron chi connectivity index (χ3n) is 3.81. The fourth-order valence-electron chi connectivity index (χ4n) is 2.47. The Bertz CT molecular complexity index is 471. The van der Waals surface area contributed by atoms with Crippen molar-refractivity contribution >= 4 is 11.6 Å². The van der Waals surface area contributed by atoms with Gasteiger partial charge in [-0.3, -0.25) is 4.79 Å². The molecular formula is C14H18F2N2O. The fourth-order valence-corrected chi connectivity index (χ4v) is 2.47. The molecule has 0 aromatic heterocycles. The molecular weight excluding hydrogens is 250 g/mol. The molecule has 0 spiro atoms. The Morgan fingerprint density at radius 2 is 2.26 bits per heavy atom. The summed E-state index contributed by atoms with van der Waals surface area (Å²) in [5, 5.41) is 5.71. The van der Waals surface area contributed by atoms with Crippen molar-refractivity contribution in [2.24, 2.45) is 5.41 Å². The Balaban J connectivity index is 2.17. The lowest BCUT2D eigenvalue weighted by Gasteiger charge is -2.35. The molecule has 19 heavy (non-hydrogen) atoms. The minimum atomic E-state index is -0.621. The first-order valence-corrected chi connectivity index (χ1v) is 6.54. The van der Waals surface area contributed by atoms with Crippen LogP contribution in [0.1, 0.15) is 26.2 Å². The maximum Gasteiger partial charge on any atom is 0.231 e. The normalized spacial score (nSPS) is 23.1. The number of piperidine rings is 1. The van der Waals surface area contributed by atoms with Crippen LogP contribution in [0.3, 0.4) is 0 Å². The van der Waals surface area contributed by atoms with E-state index >= 15 is 0 Å². The zero-order chi connectivity index (χ0) is 13.9. The van der Waals surface area contributed by atoms with E-state index in [1.165, 1.54) is 0 Å². The van der Waals surface area contributed by atoms with Gasteiger partial charge in [-0.2, -0.15) is 0 Å². The number of amides is 1. The SMILES string of the molecule is CCC1(C(=O)Nc2cc(F)ccc2F)CCCNC1. The Kier molecular flexibility index (Phi) is 4.14. The summed E-state index contributed by atoms with van der Waals surface area (Å²) >= 11 is 0. The van der Waals surface area contributed by atoms with E-state index in [9.17, 15) is 13.6 Å². The van der Waals surface area contributed by atoms with E-state index in [0.29, 0.717) is 13.0 Å². The molecule has 1 aliphatic heterocycles. The molecule has 0 radical (unpaired) electrons. The van der Waals surface area contributed by atoms with Gasteiger partial charge in [0.2, 0.25) is 5.91 Å². The van der Waals surface area contributed by atoms with Crippen LogP contribution in [0.4, 0.5) is 14.5 Å².